The number of hydrogen-bond acceptors (Lipinski definition) is 4. The van der Waals surface area contributed by atoms with Crippen LogP contribution in [0.2, 0.25) is 0 Å². The summed E-state index contributed by atoms with van der Waals surface area (Å²) in [5.74, 6) is -1.13. The molecule has 0 unspecified atom stereocenters. The molecule has 1 heterocycles. The second-order valence-electron chi connectivity index (χ2n) is 3.20. The van der Waals surface area contributed by atoms with Gasteiger partial charge in [-0.3, -0.25) is 14.4 Å². The van der Waals surface area contributed by atoms with Crippen molar-refractivity contribution >= 4 is 17.7 Å². The van der Waals surface area contributed by atoms with E-state index in [4.69, 9.17) is 5.11 Å². The summed E-state index contributed by atoms with van der Waals surface area (Å²) in [5, 5.41) is 11.1. The van der Waals surface area contributed by atoms with E-state index in [0.717, 1.165) is 0 Å². The van der Waals surface area contributed by atoms with Crippen LogP contribution in [0.5, 0.6) is 0 Å². The van der Waals surface area contributed by atoms with E-state index in [2.05, 4.69) is 5.32 Å². The van der Waals surface area contributed by atoms with E-state index in [1.54, 1.807) is 0 Å². The molecule has 0 aromatic carbocycles. The number of ketones is 1. The highest BCUT2D eigenvalue weighted by Crippen LogP contribution is 2.08. The molecule has 0 saturated heterocycles. The summed E-state index contributed by atoms with van der Waals surface area (Å²) in [4.78, 5) is 33.8. The molecular formula is C9H12N2O4. The molecule has 82 valence electrons. The lowest BCUT2D eigenvalue weighted by atomic mass is 10.2. The Morgan fingerprint density at radius 3 is 2.87 bits per heavy atom. The number of nitrogens with one attached hydrogen (secondary N) is 1. The van der Waals surface area contributed by atoms with Crippen molar-refractivity contribution in [3.63, 3.8) is 0 Å². The van der Waals surface area contributed by atoms with Crippen LogP contribution in [0.4, 0.5) is 0 Å². The zero-order chi connectivity index (χ0) is 11.4. The molecule has 0 aliphatic carbocycles. The first-order chi connectivity index (χ1) is 7.00. The number of aliphatic carboxylic acids is 1. The topological polar surface area (TPSA) is 86.7 Å². The summed E-state index contributed by atoms with van der Waals surface area (Å²) < 4.78 is 0. The monoisotopic (exact) mass is 212 g/mol. The number of nitrogens with zero attached hydrogens (tertiary/aromatic N) is 1. The van der Waals surface area contributed by atoms with Gasteiger partial charge in [0.1, 0.15) is 5.82 Å². The van der Waals surface area contributed by atoms with Crippen molar-refractivity contribution in [2.75, 3.05) is 13.6 Å². The minimum atomic E-state index is -0.931. The molecule has 15 heavy (non-hydrogen) atoms. The fourth-order valence-electron chi connectivity index (χ4n) is 1.17. The number of carbonyl (C=O) groups is 3. The first kappa shape index (κ1) is 11.2. The number of amides is 1. The molecule has 1 aliphatic heterocycles. The Balaban J connectivity index is 2.55. The molecule has 6 nitrogen and oxygen atoms in total. The van der Waals surface area contributed by atoms with Gasteiger partial charge in [0.25, 0.3) is 0 Å². The lowest BCUT2D eigenvalue weighted by Crippen LogP contribution is -2.39. The van der Waals surface area contributed by atoms with Gasteiger partial charge in [0.2, 0.25) is 5.91 Å². The van der Waals surface area contributed by atoms with Crippen LogP contribution in [0.3, 0.4) is 0 Å². The van der Waals surface area contributed by atoms with E-state index in [-0.39, 0.29) is 31.1 Å². The van der Waals surface area contributed by atoms with Gasteiger partial charge in [-0.05, 0) is 0 Å². The molecule has 0 aromatic heterocycles. The Bertz CT molecular complexity index is 335. The number of allylic oxidation sites excluding steroid dienone is 1. The highest BCUT2D eigenvalue weighted by atomic mass is 16.4. The third kappa shape index (κ3) is 3.08. The van der Waals surface area contributed by atoms with Crippen LogP contribution in [0.1, 0.15) is 12.8 Å². The standard InChI is InChI=1S/C9H12N2O4/c1-11-7(10-3-2-9(14)15)4-6(12)5-8(11)13/h4,10H,2-3,5H2,1H3,(H,14,15). The van der Waals surface area contributed by atoms with Crippen molar-refractivity contribution in [3.05, 3.63) is 11.9 Å². The van der Waals surface area contributed by atoms with Crippen LogP contribution in [-0.4, -0.2) is 41.3 Å². The van der Waals surface area contributed by atoms with Crippen molar-refractivity contribution in [3.8, 4) is 0 Å². The van der Waals surface area contributed by atoms with Crippen LogP contribution in [-0.2, 0) is 14.4 Å². The first-order valence-corrected chi connectivity index (χ1v) is 4.47. The van der Waals surface area contributed by atoms with E-state index in [0.29, 0.717) is 5.82 Å². The number of carboxylic acids is 1. The normalized spacial score (nSPS) is 16.3. The second kappa shape index (κ2) is 4.59. The van der Waals surface area contributed by atoms with E-state index in [1.165, 1.54) is 18.0 Å². The summed E-state index contributed by atoms with van der Waals surface area (Å²) in [5.41, 5.74) is 0. The smallest absolute Gasteiger partial charge is 0.305 e. The van der Waals surface area contributed by atoms with Crippen molar-refractivity contribution in [1.82, 2.24) is 10.2 Å². The van der Waals surface area contributed by atoms with Crippen molar-refractivity contribution < 1.29 is 19.5 Å². The summed E-state index contributed by atoms with van der Waals surface area (Å²) in [6.45, 7) is 0.187. The molecule has 2 N–H and O–H groups in total. The van der Waals surface area contributed by atoms with Gasteiger partial charge >= 0.3 is 5.97 Å². The largest absolute Gasteiger partial charge is 0.481 e. The third-order valence-corrected chi connectivity index (χ3v) is 2.00. The minimum Gasteiger partial charge on any atom is -0.481 e. The Morgan fingerprint density at radius 2 is 2.27 bits per heavy atom. The van der Waals surface area contributed by atoms with E-state index in [9.17, 15) is 14.4 Å². The SMILES string of the molecule is CN1C(=O)CC(=O)C=C1NCCC(=O)O. The van der Waals surface area contributed by atoms with Crippen LogP contribution >= 0.6 is 0 Å². The van der Waals surface area contributed by atoms with Crippen LogP contribution in [0, 0.1) is 0 Å². The Kier molecular flexibility index (Phi) is 3.43. The summed E-state index contributed by atoms with van der Waals surface area (Å²) in [6, 6.07) is 0. The second-order valence-corrected chi connectivity index (χ2v) is 3.20. The maximum Gasteiger partial charge on any atom is 0.305 e. The number of rotatable bonds is 4. The van der Waals surface area contributed by atoms with E-state index in [1.807, 2.05) is 0 Å². The molecule has 0 saturated carbocycles. The minimum absolute atomic E-state index is 0.0619. The van der Waals surface area contributed by atoms with Gasteiger partial charge in [0, 0.05) is 19.7 Å². The lowest BCUT2D eigenvalue weighted by Gasteiger charge is -2.24. The third-order valence-electron chi connectivity index (χ3n) is 2.00. The fraction of sp³-hybridized carbons (Fsp3) is 0.444. The van der Waals surface area contributed by atoms with Gasteiger partial charge < -0.3 is 15.3 Å². The predicted molar refractivity (Wildman–Crippen MR) is 50.7 cm³/mol. The molecule has 0 atom stereocenters. The highest BCUT2D eigenvalue weighted by Gasteiger charge is 2.22. The van der Waals surface area contributed by atoms with Gasteiger partial charge in [-0.1, -0.05) is 0 Å². The van der Waals surface area contributed by atoms with Gasteiger partial charge in [0.15, 0.2) is 5.78 Å². The first-order valence-electron chi connectivity index (χ1n) is 4.47. The van der Waals surface area contributed by atoms with Crippen molar-refractivity contribution in [2.24, 2.45) is 0 Å². The zero-order valence-corrected chi connectivity index (χ0v) is 8.32. The number of carbonyl (C=O) groups excluding carboxylic acids is 2. The highest BCUT2D eigenvalue weighted by molar-refractivity contribution is 6.06. The number of carboxylic acid groups (broad SMARTS) is 1. The molecule has 1 aliphatic rings. The summed E-state index contributed by atoms with van der Waals surface area (Å²) in [7, 11) is 1.54. The quantitative estimate of drug-likeness (QED) is 0.603. The number of hydrogen-bond donors (Lipinski definition) is 2. The van der Waals surface area contributed by atoms with Crippen LogP contribution < -0.4 is 5.32 Å². The lowest BCUT2D eigenvalue weighted by molar-refractivity contribution is -0.136. The molecule has 0 radical (unpaired) electrons. The van der Waals surface area contributed by atoms with Crippen LogP contribution in [0.25, 0.3) is 0 Å². The van der Waals surface area contributed by atoms with Gasteiger partial charge in [-0.25, -0.2) is 0 Å². The average molecular weight is 212 g/mol. The maximum atomic E-state index is 11.2. The molecule has 6 heteroatoms. The molecular weight excluding hydrogens is 200 g/mol. The Morgan fingerprint density at radius 1 is 1.60 bits per heavy atom. The molecule has 0 aromatic rings. The van der Waals surface area contributed by atoms with Gasteiger partial charge in [0.05, 0.1) is 12.8 Å². The summed E-state index contributed by atoms with van der Waals surface area (Å²) >= 11 is 0. The van der Waals surface area contributed by atoms with Gasteiger partial charge in [-0.2, -0.15) is 0 Å². The zero-order valence-electron chi connectivity index (χ0n) is 8.32. The van der Waals surface area contributed by atoms with E-state index < -0.39 is 5.97 Å². The molecule has 0 fully saturated rings. The molecule has 0 bridgehead atoms. The molecule has 1 rings (SSSR count). The van der Waals surface area contributed by atoms with E-state index >= 15 is 0 Å². The summed E-state index contributed by atoms with van der Waals surface area (Å²) in [6.07, 6.45) is 1.12. The predicted octanol–water partition coefficient (Wildman–Crippen LogP) is -0.677. The maximum absolute atomic E-state index is 11.2. The van der Waals surface area contributed by atoms with Crippen molar-refractivity contribution in [1.29, 1.82) is 0 Å². The fourth-order valence-corrected chi connectivity index (χ4v) is 1.17. The average Bonchev–Trinajstić information content (AvgIpc) is 2.12. The Hall–Kier alpha value is -1.85. The molecule has 1 amide bonds. The van der Waals surface area contributed by atoms with Crippen molar-refractivity contribution in [2.45, 2.75) is 12.8 Å². The van der Waals surface area contributed by atoms with Crippen LogP contribution in [0.15, 0.2) is 11.9 Å². The Labute approximate surface area is 86.6 Å². The molecule has 0 spiro atoms. The van der Waals surface area contributed by atoms with Gasteiger partial charge in [-0.15, -0.1) is 0 Å².